The van der Waals surface area contributed by atoms with Crippen molar-refractivity contribution in [3.05, 3.63) is 38.5 Å². The second-order valence-electron chi connectivity index (χ2n) is 6.29. The van der Waals surface area contributed by atoms with Gasteiger partial charge in [-0.05, 0) is 28.1 Å². The minimum Gasteiger partial charge on any atom is -0.439 e. The Kier molecular flexibility index (Phi) is 4.97. The first-order chi connectivity index (χ1) is 12.6. The zero-order valence-corrected chi connectivity index (χ0v) is 15.8. The zero-order valence-electron chi connectivity index (χ0n) is 14.2. The van der Waals surface area contributed by atoms with Crippen LogP contribution in [0.15, 0.2) is 31.9 Å². The molecule has 0 N–H and O–H groups in total. The maximum absolute atomic E-state index is 12.7. The van der Waals surface area contributed by atoms with Gasteiger partial charge in [-0.2, -0.15) is 0 Å². The van der Waals surface area contributed by atoms with Gasteiger partial charge in [-0.3, -0.25) is 9.59 Å². The van der Waals surface area contributed by atoms with Crippen LogP contribution in [0.25, 0.3) is 11.0 Å². The quantitative estimate of drug-likeness (QED) is 0.735. The number of carbonyl (C=O) groups is 1. The fraction of sp³-hybridized carbons (Fsp3) is 0.444. The van der Waals surface area contributed by atoms with Crippen molar-refractivity contribution < 1.29 is 18.7 Å². The second kappa shape index (κ2) is 7.38. The van der Waals surface area contributed by atoms with E-state index in [9.17, 15) is 9.59 Å². The Morgan fingerprint density at radius 3 is 2.31 bits per heavy atom. The number of nitrogens with zero attached hydrogens (tertiary/aromatic N) is 2. The number of rotatable bonds is 2. The van der Waals surface area contributed by atoms with E-state index in [1.54, 1.807) is 17.0 Å². The second-order valence-corrected chi connectivity index (χ2v) is 7.14. The van der Waals surface area contributed by atoms with Crippen molar-refractivity contribution in [1.82, 2.24) is 4.90 Å². The van der Waals surface area contributed by atoms with E-state index in [4.69, 9.17) is 13.9 Å². The Balaban J connectivity index is 1.71. The molecule has 1 aromatic heterocycles. The van der Waals surface area contributed by atoms with Gasteiger partial charge in [-0.25, -0.2) is 0 Å². The SMILES string of the molecule is O=C(c1cc(Br)c2oc(N3CCOCC3)cc(=O)c2c1)N1CCOCC1. The van der Waals surface area contributed by atoms with Gasteiger partial charge < -0.3 is 23.7 Å². The normalized spacial score (nSPS) is 18.3. The number of halogens is 1. The maximum Gasteiger partial charge on any atom is 0.254 e. The van der Waals surface area contributed by atoms with Crippen LogP contribution in [-0.4, -0.2) is 63.4 Å². The number of morpholine rings is 2. The summed E-state index contributed by atoms with van der Waals surface area (Å²) in [5.74, 6) is 0.423. The molecule has 0 aliphatic carbocycles. The van der Waals surface area contributed by atoms with Gasteiger partial charge >= 0.3 is 0 Å². The number of hydrogen-bond donors (Lipinski definition) is 0. The van der Waals surface area contributed by atoms with Crippen molar-refractivity contribution in [3.8, 4) is 0 Å². The lowest BCUT2D eigenvalue weighted by atomic mass is 10.1. The van der Waals surface area contributed by atoms with Gasteiger partial charge in [-0.15, -0.1) is 0 Å². The first-order valence-corrected chi connectivity index (χ1v) is 9.40. The molecule has 1 aromatic carbocycles. The van der Waals surface area contributed by atoms with Crippen LogP contribution in [0.3, 0.4) is 0 Å². The largest absolute Gasteiger partial charge is 0.439 e. The molecule has 2 aliphatic rings. The first kappa shape index (κ1) is 17.5. The van der Waals surface area contributed by atoms with E-state index in [0.717, 1.165) is 0 Å². The van der Waals surface area contributed by atoms with Crippen molar-refractivity contribution in [2.24, 2.45) is 0 Å². The van der Waals surface area contributed by atoms with E-state index in [1.165, 1.54) is 6.07 Å². The van der Waals surface area contributed by atoms with Gasteiger partial charge in [0.25, 0.3) is 5.91 Å². The van der Waals surface area contributed by atoms with Gasteiger partial charge in [0.15, 0.2) is 16.9 Å². The lowest BCUT2D eigenvalue weighted by molar-refractivity contribution is 0.0303. The van der Waals surface area contributed by atoms with Crippen molar-refractivity contribution in [3.63, 3.8) is 0 Å². The molecule has 7 nitrogen and oxygen atoms in total. The lowest BCUT2D eigenvalue weighted by Crippen LogP contribution is -2.40. The molecule has 8 heteroatoms. The Morgan fingerprint density at radius 1 is 0.962 bits per heavy atom. The summed E-state index contributed by atoms with van der Waals surface area (Å²) in [5.41, 5.74) is 0.764. The lowest BCUT2D eigenvalue weighted by Gasteiger charge is -2.28. The number of hydrogen-bond acceptors (Lipinski definition) is 6. The van der Waals surface area contributed by atoms with E-state index in [-0.39, 0.29) is 11.3 Å². The topological polar surface area (TPSA) is 72.2 Å². The molecule has 0 atom stereocenters. The number of fused-ring (bicyclic) bond motifs is 1. The summed E-state index contributed by atoms with van der Waals surface area (Å²) in [7, 11) is 0. The summed E-state index contributed by atoms with van der Waals surface area (Å²) >= 11 is 3.46. The van der Waals surface area contributed by atoms with Crippen molar-refractivity contribution in [1.29, 1.82) is 0 Å². The van der Waals surface area contributed by atoms with Crippen LogP contribution in [0.4, 0.5) is 5.88 Å². The minimum atomic E-state index is -0.162. The number of ether oxygens (including phenoxy) is 2. The van der Waals surface area contributed by atoms with Gasteiger partial charge in [-0.1, -0.05) is 0 Å². The van der Waals surface area contributed by atoms with Crippen LogP contribution in [0.2, 0.25) is 0 Å². The monoisotopic (exact) mass is 422 g/mol. The van der Waals surface area contributed by atoms with Crippen LogP contribution >= 0.6 is 15.9 Å². The fourth-order valence-corrected chi connectivity index (χ4v) is 3.76. The third-order valence-electron chi connectivity index (χ3n) is 4.64. The Morgan fingerprint density at radius 2 is 1.62 bits per heavy atom. The summed E-state index contributed by atoms with van der Waals surface area (Å²) in [5, 5.41) is 0.396. The molecular formula is C18H19BrN2O5. The average Bonchev–Trinajstić information content (AvgIpc) is 2.69. The van der Waals surface area contributed by atoms with E-state index >= 15 is 0 Å². The summed E-state index contributed by atoms with van der Waals surface area (Å²) < 4.78 is 17.2. The molecule has 0 radical (unpaired) electrons. The number of anilines is 1. The number of amides is 1. The molecule has 4 rings (SSSR count). The smallest absolute Gasteiger partial charge is 0.254 e. The molecular weight excluding hydrogens is 404 g/mol. The summed E-state index contributed by atoms with van der Waals surface area (Å²) in [6, 6.07) is 4.82. The molecule has 26 heavy (non-hydrogen) atoms. The fourth-order valence-electron chi connectivity index (χ4n) is 3.22. The highest BCUT2D eigenvalue weighted by Gasteiger charge is 2.22. The Labute approximate surface area is 158 Å². The molecule has 138 valence electrons. The molecule has 3 heterocycles. The van der Waals surface area contributed by atoms with Crippen LogP contribution in [0, 0.1) is 0 Å². The molecule has 2 fully saturated rings. The summed E-state index contributed by atoms with van der Waals surface area (Å²) in [4.78, 5) is 29.1. The van der Waals surface area contributed by atoms with Gasteiger partial charge in [0.05, 0.1) is 36.3 Å². The standard InChI is InChI=1S/C18H19BrN2O5/c19-14-10-12(18(23)21-3-7-25-8-4-21)9-13-15(22)11-16(26-17(13)14)20-1-5-24-6-2-20/h9-11H,1-8H2. The molecule has 2 aliphatic heterocycles. The van der Waals surface area contributed by atoms with E-state index < -0.39 is 0 Å². The molecule has 2 aromatic rings. The van der Waals surface area contributed by atoms with Crippen LogP contribution in [0.1, 0.15) is 10.4 Å². The molecule has 0 bridgehead atoms. The van der Waals surface area contributed by atoms with E-state index in [0.29, 0.717) is 79.5 Å². The Bertz CT molecular complexity index is 885. The average molecular weight is 423 g/mol. The Hall–Kier alpha value is -1.90. The number of benzene rings is 1. The van der Waals surface area contributed by atoms with E-state index in [2.05, 4.69) is 15.9 Å². The molecule has 0 saturated carbocycles. The highest BCUT2D eigenvalue weighted by atomic mass is 79.9. The highest BCUT2D eigenvalue weighted by Crippen LogP contribution is 2.28. The summed E-state index contributed by atoms with van der Waals surface area (Å²) in [6.45, 7) is 4.75. The molecule has 0 spiro atoms. The van der Waals surface area contributed by atoms with Gasteiger partial charge in [0.1, 0.15) is 0 Å². The first-order valence-electron chi connectivity index (χ1n) is 8.60. The summed E-state index contributed by atoms with van der Waals surface area (Å²) in [6.07, 6.45) is 0. The highest BCUT2D eigenvalue weighted by molar-refractivity contribution is 9.10. The molecule has 2 saturated heterocycles. The van der Waals surface area contributed by atoms with Crippen molar-refractivity contribution >= 4 is 38.7 Å². The molecule has 1 amide bonds. The van der Waals surface area contributed by atoms with Crippen LogP contribution in [-0.2, 0) is 9.47 Å². The predicted molar refractivity (Wildman–Crippen MR) is 99.9 cm³/mol. The van der Waals surface area contributed by atoms with Crippen molar-refractivity contribution in [2.75, 3.05) is 57.5 Å². The van der Waals surface area contributed by atoms with Gasteiger partial charge in [0, 0.05) is 37.8 Å². The van der Waals surface area contributed by atoms with Gasteiger partial charge in [0.2, 0.25) is 0 Å². The minimum absolute atomic E-state index is 0.104. The third kappa shape index (κ3) is 3.36. The van der Waals surface area contributed by atoms with Crippen molar-refractivity contribution in [2.45, 2.75) is 0 Å². The van der Waals surface area contributed by atoms with Crippen LogP contribution < -0.4 is 10.3 Å². The molecule has 0 unspecified atom stereocenters. The third-order valence-corrected chi connectivity index (χ3v) is 5.23. The van der Waals surface area contributed by atoms with E-state index in [1.807, 2.05) is 4.90 Å². The zero-order chi connectivity index (χ0) is 18.1. The predicted octanol–water partition coefficient (Wildman–Crippen LogP) is 1.86. The van der Waals surface area contributed by atoms with Crippen LogP contribution in [0.5, 0.6) is 0 Å². The number of carbonyl (C=O) groups excluding carboxylic acids is 1. The maximum atomic E-state index is 12.7.